The van der Waals surface area contributed by atoms with E-state index in [9.17, 15) is 4.79 Å². The number of fused-ring (bicyclic) bond motifs is 1. The van der Waals surface area contributed by atoms with Crippen LogP contribution in [0.4, 0.5) is 0 Å². The van der Waals surface area contributed by atoms with Gasteiger partial charge in [-0.25, -0.2) is 0 Å². The van der Waals surface area contributed by atoms with Gasteiger partial charge in [0.2, 0.25) is 5.91 Å². The van der Waals surface area contributed by atoms with E-state index in [1.807, 2.05) is 25.3 Å². The third-order valence-corrected chi connectivity index (χ3v) is 4.61. The van der Waals surface area contributed by atoms with Crippen LogP contribution in [0.15, 0.2) is 18.3 Å². The highest BCUT2D eigenvalue weighted by molar-refractivity contribution is 5.83. The first-order valence-corrected chi connectivity index (χ1v) is 8.56. The molecule has 1 heterocycles. The van der Waals surface area contributed by atoms with E-state index < -0.39 is 0 Å². The van der Waals surface area contributed by atoms with Gasteiger partial charge in [0.25, 0.3) is 0 Å². The van der Waals surface area contributed by atoms with E-state index in [0.717, 1.165) is 54.3 Å². The number of carbonyl (C=O) groups excluding carboxylic acids is 1. The number of aromatic nitrogens is 2. The second-order valence-electron chi connectivity index (χ2n) is 6.44. The molecule has 0 aliphatic heterocycles. The van der Waals surface area contributed by atoms with Crippen LogP contribution in [0.25, 0.3) is 10.9 Å². The summed E-state index contributed by atoms with van der Waals surface area (Å²) >= 11 is 0. The summed E-state index contributed by atoms with van der Waals surface area (Å²) in [6.07, 6.45) is 7.58. The van der Waals surface area contributed by atoms with Crippen molar-refractivity contribution < 1.29 is 9.53 Å². The maximum Gasteiger partial charge on any atom is 0.220 e. The van der Waals surface area contributed by atoms with Gasteiger partial charge in [0.15, 0.2) is 0 Å². The molecular weight excluding hydrogens is 290 g/mol. The first-order chi connectivity index (χ1) is 11.2. The zero-order valence-electron chi connectivity index (χ0n) is 13.9. The van der Waals surface area contributed by atoms with Crippen LogP contribution in [0.2, 0.25) is 0 Å². The minimum atomic E-state index is 0.161. The molecule has 2 aromatic rings. The van der Waals surface area contributed by atoms with Crippen molar-refractivity contribution in [1.29, 1.82) is 0 Å². The molecule has 124 valence electrons. The van der Waals surface area contributed by atoms with Crippen LogP contribution >= 0.6 is 0 Å². The third kappa shape index (κ3) is 3.66. The Kier molecular flexibility index (Phi) is 4.84. The van der Waals surface area contributed by atoms with E-state index in [-0.39, 0.29) is 18.1 Å². The van der Waals surface area contributed by atoms with Crippen molar-refractivity contribution in [3.05, 3.63) is 23.9 Å². The number of carbonyl (C=O) groups is 1. The summed E-state index contributed by atoms with van der Waals surface area (Å²) in [4.78, 5) is 11.8. The van der Waals surface area contributed by atoms with Crippen molar-refractivity contribution in [2.45, 2.75) is 64.5 Å². The minimum absolute atomic E-state index is 0.161. The molecule has 1 amide bonds. The van der Waals surface area contributed by atoms with Crippen LogP contribution in [0, 0.1) is 6.92 Å². The number of ether oxygens (including phenoxy) is 1. The van der Waals surface area contributed by atoms with Gasteiger partial charge >= 0.3 is 0 Å². The third-order valence-electron chi connectivity index (χ3n) is 4.61. The summed E-state index contributed by atoms with van der Waals surface area (Å²) in [5.41, 5.74) is 2.15. The molecule has 2 N–H and O–H groups in total. The monoisotopic (exact) mass is 315 g/mol. The topological polar surface area (TPSA) is 67.0 Å². The number of H-pyrrole nitrogens is 1. The lowest BCUT2D eigenvalue weighted by Crippen LogP contribution is -2.41. The highest BCUT2D eigenvalue weighted by Crippen LogP contribution is 2.30. The summed E-state index contributed by atoms with van der Waals surface area (Å²) in [5.74, 6) is 1.08. The molecule has 3 rings (SSSR count). The van der Waals surface area contributed by atoms with Gasteiger partial charge in [0.05, 0.1) is 11.7 Å². The van der Waals surface area contributed by atoms with Crippen LogP contribution in [0.5, 0.6) is 5.75 Å². The maximum absolute atomic E-state index is 11.8. The molecule has 1 saturated carbocycles. The number of hydrogen-bond acceptors (Lipinski definition) is 3. The lowest BCUT2D eigenvalue weighted by atomic mass is 9.92. The summed E-state index contributed by atoms with van der Waals surface area (Å²) < 4.78 is 6.24. The predicted octanol–water partition coefficient (Wildman–Crippen LogP) is 3.48. The smallest absolute Gasteiger partial charge is 0.220 e. The molecule has 1 fully saturated rings. The summed E-state index contributed by atoms with van der Waals surface area (Å²) in [5, 5.41) is 11.3. The Morgan fingerprint density at radius 2 is 2.30 bits per heavy atom. The highest BCUT2D eigenvalue weighted by atomic mass is 16.5. The van der Waals surface area contributed by atoms with E-state index in [1.165, 1.54) is 0 Å². The van der Waals surface area contributed by atoms with Crippen LogP contribution in [-0.2, 0) is 4.79 Å². The molecule has 0 spiro atoms. The molecule has 2 atom stereocenters. The Morgan fingerprint density at radius 1 is 1.43 bits per heavy atom. The lowest BCUT2D eigenvalue weighted by Gasteiger charge is -2.30. The van der Waals surface area contributed by atoms with Gasteiger partial charge in [-0.1, -0.05) is 6.92 Å². The molecule has 5 heteroatoms. The first kappa shape index (κ1) is 15.8. The lowest BCUT2D eigenvalue weighted by molar-refractivity contribution is -0.122. The fraction of sp³-hybridized carbons (Fsp3) is 0.556. The molecule has 0 radical (unpaired) electrons. The average Bonchev–Trinajstić information content (AvgIpc) is 3.00. The van der Waals surface area contributed by atoms with Crippen molar-refractivity contribution in [3.8, 4) is 5.75 Å². The van der Waals surface area contributed by atoms with Crippen molar-refractivity contribution >= 4 is 16.8 Å². The van der Waals surface area contributed by atoms with E-state index >= 15 is 0 Å². The van der Waals surface area contributed by atoms with Crippen LogP contribution in [0.3, 0.4) is 0 Å². The van der Waals surface area contributed by atoms with Gasteiger partial charge in [-0.2, -0.15) is 5.10 Å². The molecule has 1 aromatic heterocycles. The van der Waals surface area contributed by atoms with Gasteiger partial charge in [0, 0.05) is 29.8 Å². The van der Waals surface area contributed by atoms with Crippen molar-refractivity contribution in [3.63, 3.8) is 0 Å². The quantitative estimate of drug-likeness (QED) is 0.887. The van der Waals surface area contributed by atoms with E-state index in [2.05, 4.69) is 22.4 Å². The number of aryl methyl sites for hydroxylation is 1. The average molecular weight is 315 g/mol. The minimum Gasteiger partial charge on any atom is -0.490 e. The van der Waals surface area contributed by atoms with E-state index in [1.54, 1.807) is 0 Å². The Labute approximate surface area is 136 Å². The molecule has 0 bridgehead atoms. The van der Waals surface area contributed by atoms with Gasteiger partial charge in [0.1, 0.15) is 11.9 Å². The maximum atomic E-state index is 11.8. The Morgan fingerprint density at radius 3 is 3.13 bits per heavy atom. The Balaban J connectivity index is 1.64. The van der Waals surface area contributed by atoms with Crippen molar-refractivity contribution in [2.24, 2.45) is 0 Å². The Bertz CT molecular complexity index is 680. The Hall–Kier alpha value is -2.04. The largest absolute Gasteiger partial charge is 0.490 e. The fourth-order valence-corrected chi connectivity index (χ4v) is 3.36. The summed E-state index contributed by atoms with van der Waals surface area (Å²) in [7, 11) is 0. The molecule has 1 aliphatic rings. The fourth-order valence-electron chi connectivity index (χ4n) is 3.36. The standard InChI is InChI=1S/C18H25N3O2/c1-3-5-18(22)20-13-6-4-7-14(10-13)23-17-9-8-16-15(12(17)2)11-19-21-16/h8-9,11,13-14H,3-7,10H2,1-2H3,(H,19,21)(H,20,22)/t13-,14+/m0/s1. The van der Waals surface area contributed by atoms with Gasteiger partial charge in [-0.05, 0) is 44.7 Å². The summed E-state index contributed by atoms with van der Waals surface area (Å²) in [6, 6.07) is 4.26. The van der Waals surface area contributed by atoms with Crippen molar-refractivity contribution in [2.75, 3.05) is 0 Å². The van der Waals surface area contributed by atoms with E-state index in [4.69, 9.17) is 4.74 Å². The van der Waals surface area contributed by atoms with Gasteiger partial charge in [-0.15, -0.1) is 0 Å². The van der Waals surface area contributed by atoms with Gasteiger partial charge in [-0.3, -0.25) is 9.89 Å². The first-order valence-electron chi connectivity index (χ1n) is 8.56. The highest BCUT2D eigenvalue weighted by Gasteiger charge is 2.25. The van der Waals surface area contributed by atoms with Gasteiger partial charge < -0.3 is 10.1 Å². The number of amides is 1. The van der Waals surface area contributed by atoms with Crippen molar-refractivity contribution in [1.82, 2.24) is 15.5 Å². The number of nitrogens with one attached hydrogen (secondary N) is 2. The normalized spacial score (nSPS) is 21.3. The second-order valence-corrected chi connectivity index (χ2v) is 6.44. The molecule has 0 saturated heterocycles. The number of nitrogens with zero attached hydrogens (tertiary/aromatic N) is 1. The number of benzene rings is 1. The second kappa shape index (κ2) is 7.02. The van der Waals surface area contributed by atoms with E-state index in [0.29, 0.717) is 6.42 Å². The summed E-state index contributed by atoms with van der Waals surface area (Å²) in [6.45, 7) is 4.09. The van der Waals surface area contributed by atoms with Crippen LogP contribution in [0.1, 0.15) is 51.0 Å². The molecule has 1 aliphatic carbocycles. The molecule has 23 heavy (non-hydrogen) atoms. The van der Waals surface area contributed by atoms with Crippen LogP contribution < -0.4 is 10.1 Å². The molecule has 0 unspecified atom stereocenters. The SMILES string of the molecule is CCCC(=O)N[C@H]1CCC[C@@H](Oc2ccc3[nH]ncc3c2C)C1. The molecule has 1 aromatic carbocycles. The van der Waals surface area contributed by atoms with Crippen LogP contribution in [-0.4, -0.2) is 28.3 Å². The number of hydrogen-bond donors (Lipinski definition) is 2. The molecular formula is C18H25N3O2. The predicted molar refractivity (Wildman–Crippen MR) is 90.6 cm³/mol. The zero-order valence-corrected chi connectivity index (χ0v) is 13.9. The number of aromatic amines is 1. The zero-order chi connectivity index (χ0) is 16.2. The molecule has 5 nitrogen and oxygen atoms in total. The number of rotatable bonds is 5.